The van der Waals surface area contributed by atoms with Crippen LogP contribution in [0.2, 0.25) is 0 Å². The van der Waals surface area contributed by atoms with E-state index >= 15 is 0 Å². The predicted molar refractivity (Wildman–Crippen MR) is 153 cm³/mol. The van der Waals surface area contributed by atoms with Gasteiger partial charge in [-0.05, 0) is 69.9 Å². The summed E-state index contributed by atoms with van der Waals surface area (Å²) >= 11 is 0. The molecule has 2 aromatic rings. The number of ether oxygens (including phenoxy) is 1. The van der Waals surface area contributed by atoms with E-state index in [-0.39, 0.29) is 30.8 Å². The Hall–Kier alpha value is -3.07. The van der Waals surface area contributed by atoms with Gasteiger partial charge in [0.25, 0.3) is 0 Å². The van der Waals surface area contributed by atoms with Gasteiger partial charge in [-0.15, -0.1) is 0 Å². The number of nitrogens with zero attached hydrogens (tertiary/aromatic N) is 2. The molecule has 0 aliphatic heterocycles. The minimum Gasteiger partial charge on any atom is -0.494 e. The molecule has 0 bridgehead atoms. The summed E-state index contributed by atoms with van der Waals surface area (Å²) in [6, 6.07) is 14.1. The zero-order valence-electron chi connectivity index (χ0n) is 23.6. The Labute approximate surface area is 228 Å². The molecule has 0 radical (unpaired) electrons. The molecule has 2 rings (SSSR count). The summed E-state index contributed by atoms with van der Waals surface area (Å²) in [4.78, 5) is 28.3. The maximum Gasteiger partial charge on any atom is 0.243 e. The first-order valence-corrected chi connectivity index (χ1v) is 15.2. The number of carbonyl (C=O) groups excluding carboxylic acids is 2. The van der Waals surface area contributed by atoms with E-state index < -0.39 is 16.1 Å². The van der Waals surface area contributed by atoms with Gasteiger partial charge >= 0.3 is 0 Å². The van der Waals surface area contributed by atoms with Crippen molar-refractivity contribution >= 4 is 27.5 Å². The van der Waals surface area contributed by atoms with E-state index in [9.17, 15) is 18.0 Å². The highest BCUT2D eigenvalue weighted by molar-refractivity contribution is 7.92. The van der Waals surface area contributed by atoms with Crippen LogP contribution in [-0.2, 0) is 26.2 Å². The minimum absolute atomic E-state index is 0.00454. The molecule has 0 heterocycles. The summed E-state index contributed by atoms with van der Waals surface area (Å²) in [5, 5.41) is 3.01. The molecule has 2 atom stereocenters. The Bertz CT molecular complexity index is 1150. The van der Waals surface area contributed by atoms with Crippen LogP contribution in [0, 0.1) is 6.92 Å². The molecular weight excluding hydrogens is 502 g/mol. The molecule has 0 aliphatic rings. The van der Waals surface area contributed by atoms with Gasteiger partial charge in [0.2, 0.25) is 21.8 Å². The van der Waals surface area contributed by atoms with E-state index in [1.54, 1.807) is 29.2 Å². The highest BCUT2D eigenvalue weighted by Crippen LogP contribution is 2.23. The third-order valence-corrected chi connectivity index (χ3v) is 7.60. The standard InChI is InChI=1S/C29H43N3O5S/c1-7-23(5)30-29(34)27(8-2)31(21-24-13-10-12-22(4)20-24)28(33)14-11-19-32(38(6,35)36)25-15-17-26(18-16-25)37-9-3/h10,12-13,15-18,20,23,27H,7-9,11,14,19,21H2,1-6H3,(H,30,34). The van der Waals surface area contributed by atoms with Crippen LogP contribution in [0.15, 0.2) is 48.5 Å². The topological polar surface area (TPSA) is 96.0 Å². The summed E-state index contributed by atoms with van der Waals surface area (Å²) in [5.41, 5.74) is 2.53. The van der Waals surface area contributed by atoms with Crippen LogP contribution >= 0.6 is 0 Å². The van der Waals surface area contributed by atoms with Crippen molar-refractivity contribution in [3.8, 4) is 5.75 Å². The predicted octanol–water partition coefficient (Wildman–Crippen LogP) is 4.66. The maximum absolute atomic E-state index is 13.5. The van der Waals surface area contributed by atoms with Crippen LogP contribution in [0.1, 0.15) is 64.5 Å². The van der Waals surface area contributed by atoms with Crippen molar-refractivity contribution in [1.82, 2.24) is 10.2 Å². The lowest BCUT2D eigenvalue weighted by molar-refractivity contribution is -0.141. The molecule has 0 saturated heterocycles. The first-order chi connectivity index (χ1) is 18.0. The van der Waals surface area contributed by atoms with Gasteiger partial charge in [-0.25, -0.2) is 8.42 Å². The number of benzene rings is 2. The van der Waals surface area contributed by atoms with Crippen LogP contribution in [0.5, 0.6) is 5.75 Å². The lowest BCUT2D eigenvalue weighted by Gasteiger charge is -2.32. The SMILES string of the molecule is CCOc1ccc(N(CCCC(=O)N(Cc2cccc(C)c2)C(CC)C(=O)NC(C)CC)S(C)(=O)=O)cc1. The molecule has 9 heteroatoms. The molecule has 210 valence electrons. The van der Waals surface area contributed by atoms with Crippen LogP contribution in [0.4, 0.5) is 5.69 Å². The van der Waals surface area contributed by atoms with E-state index in [1.165, 1.54) is 4.31 Å². The lowest BCUT2D eigenvalue weighted by atomic mass is 10.1. The molecule has 0 spiro atoms. The average Bonchev–Trinajstić information content (AvgIpc) is 2.86. The molecule has 1 N–H and O–H groups in total. The normalized spacial score (nSPS) is 12.9. The number of aryl methyl sites for hydroxylation is 1. The second-order valence-electron chi connectivity index (χ2n) is 9.62. The number of nitrogens with one attached hydrogen (secondary N) is 1. The fourth-order valence-electron chi connectivity index (χ4n) is 4.25. The van der Waals surface area contributed by atoms with Gasteiger partial charge in [0.1, 0.15) is 11.8 Å². The smallest absolute Gasteiger partial charge is 0.243 e. The number of carbonyl (C=O) groups is 2. The second kappa shape index (κ2) is 14.8. The second-order valence-corrected chi connectivity index (χ2v) is 11.5. The van der Waals surface area contributed by atoms with Crippen LogP contribution in [0.25, 0.3) is 0 Å². The van der Waals surface area contributed by atoms with Gasteiger partial charge < -0.3 is 15.0 Å². The molecule has 0 fully saturated rings. The largest absolute Gasteiger partial charge is 0.494 e. The Morgan fingerprint density at radius 3 is 2.26 bits per heavy atom. The third kappa shape index (κ3) is 9.35. The highest BCUT2D eigenvalue weighted by atomic mass is 32.2. The van der Waals surface area contributed by atoms with Crippen molar-refractivity contribution in [2.45, 2.75) is 78.9 Å². The van der Waals surface area contributed by atoms with Crippen molar-refractivity contribution in [3.63, 3.8) is 0 Å². The van der Waals surface area contributed by atoms with Crippen molar-refractivity contribution in [3.05, 3.63) is 59.7 Å². The number of hydrogen-bond acceptors (Lipinski definition) is 5. The first-order valence-electron chi connectivity index (χ1n) is 13.4. The van der Waals surface area contributed by atoms with Crippen LogP contribution in [0.3, 0.4) is 0 Å². The minimum atomic E-state index is -3.56. The van der Waals surface area contributed by atoms with Crippen molar-refractivity contribution < 1.29 is 22.7 Å². The molecule has 0 aromatic heterocycles. The molecule has 38 heavy (non-hydrogen) atoms. The zero-order valence-corrected chi connectivity index (χ0v) is 24.4. The number of rotatable bonds is 15. The number of sulfonamides is 1. The molecule has 2 unspecified atom stereocenters. The fraction of sp³-hybridized carbons (Fsp3) is 0.517. The van der Waals surface area contributed by atoms with Crippen LogP contribution in [-0.4, -0.2) is 56.6 Å². The zero-order chi connectivity index (χ0) is 28.3. The average molecular weight is 546 g/mol. The summed E-state index contributed by atoms with van der Waals surface area (Å²) in [7, 11) is -3.56. The van der Waals surface area contributed by atoms with Crippen molar-refractivity contribution in [2.24, 2.45) is 0 Å². The van der Waals surface area contributed by atoms with Gasteiger partial charge in [0.15, 0.2) is 0 Å². The molecule has 2 amide bonds. The quantitative estimate of drug-likeness (QED) is 0.351. The number of amides is 2. The summed E-state index contributed by atoms with van der Waals surface area (Å²) < 4.78 is 31.8. The Morgan fingerprint density at radius 1 is 1.03 bits per heavy atom. The Kier molecular flexibility index (Phi) is 12.1. The van der Waals surface area contributed by atoms with E-state index in [1.807, 2.05) is 58.9 Å². The Balaban J connectivity index is 2.21. The maximum atomic E-state index is 13.5. The van der Waals surface area contributed by atoms with E-state index in [0.717, 1.165) is 23.8 Å². The van der Waals surface area contributed by atoms with E-state index in [2.05, 4.69) is 5.32 Å². The van der Waals surface area contributed by atoms with Gasteiger partial charge in [0.05, 0.1) is 18.6 Å². The summed E-state index contributed by atoms with van der Waals surface area (Å²) in [5.74, 6) is 0.306. The molecule has 2 aromatic carbocycles. The van der Waals surface area contributed by atoms with Gasteiger partial charge in [-0.1, -0.05) is 43.7 Å². The molecular formula is C29H43N3O5S. The molecule has 0 saturated carbocycles. The first kappa shape index (κ1) is 31.1. The van der Waals surface area contributed by atoms with E-state index in [0.29, 0.717) is 37.4 Å². The highest BCUT2D eigenvalue weighted by Gasteiger charge is 2.29. The third-order valence-electron chi connectivity index (χ3n) is 6.41. The van der Waals surface area contributed by atoms with Crippen molar-refractivity contribution in [1.29, 1.82) is 0 Å². The Morgan fingerprint density at radius 2 is 1.71 bits per heavy atom. The van der Waals surface area contributed by atoms with Crippen molar-refractivity contribution in [2.75, 3.05) is 23.7 Å². The number of hydrogen-bond donors (Lipinski definition) is 1. The number of anilines is 1. The monoisotopic (exact) mass is 545 g/mol. The van der Waals surface area contributed by atoms with Gasteiger partial charge in [-0.2, -0.15) is 0 Å². The summed E-state index contributed by atoms with van der Waals surface area (Å²) in [6.45, 7) is 10.7. The van der Waals surface area contributed by atoms with Crippen LogP contribution < -0.4 is 14.4 Å². The van der Waals surface area contributed by atoms with Gasteiger partial charge in [0, 0.05) is 25.6 Å². The van der Waals surface area contributed by atoms with E-state index in [4.69, 9.17) is 4.74 Å². The molecule has 8 nitrogen and oxygen atoms in total. The fourth-order valence-corrected chi connectivity index (χ4v) is 5.21. The summed E-state index contributed by atoms with van der Waals surface area (Å²) in [6.07, 6.45) is 2.85. The molecule has 0 aliphatic carbocycles. The lowest BCUT2D eigenvalue weighted by Crippen LogP contribution is -2.50. The van der Waals surface area contributed by atoms with Gasteiger partial charge in [-0.3, -0.25) is 13.9 Å².